The maximum absolute atomic E-state index is 12.0. The molecular weight excluding hydrogens is 300 g/mol. The van der Waals surface area contributed by atoms with Gasteiger partial charge in [-0.25, -0.2) is 0 Å². The molecule has 1 amide bonds. The van der Waals surface area contributed by atoms with Crippen LogP contribution in [0.5, 0.6) is 11.5 Å². The predicted molar refractivity (Wildman–Crippen MR) is 87.5 cm³/mol. The minimum Gasteiger partial charge on any atom is -0.493 e. The minimum atomic E-state index is -0.885. The lowest BCUT2D eigenvalue weighted by molar-refractivity contribution is -0.137. The number of carbonyl (C=O) groups is 2. The Bertz CT molecular complexity index is 611. The van der Waals surface area contributed by atoms with E-state index >= 15 is 0 Å². The van der Waals surface area contributed by atoms with Crippen molar-refractivity contribution in [3.05, 3.63) is 23.3 Å². The Balaban J connectivity index is 2.80. The number of nitrogens with two attached hydrogens (primary N) is 1. The number of carboxylic acids is 1. The molecule has 1 aromatic rings. The van der Waals surface area contributed by atoms with Gasteiger partial charge in [0.15, 0.2) is 11.5 Å². The van der Waals surface area contributed by atoms with Gasteiger partial charge in [0.2, 0.25) is 5.91 Å². The van der Waals surface area contributed by atoms with E-state index in [4.69, 9.17) is 20.3 Å². The van der Waals surface area contributed by atoms with Crippen LogP contribution in [0, 0.1) is 0 Å². The number of aliphatic carboxylic acids is 1. The Kier molecular flexibility index (Phi) is 6.92. The van der Waals surface area contributed by atoms with E-state index in [0.29, 0.717) is 41.3 Å². The van der Waals surface area contributed by atoms with E-state index < -0.39 is 5.97 Å². The quantitative estimate of drug-likeness (QED) is 0.381. The molecule has 0 unspecified atom stereocenters. The highest BCUT2D eigenvalue weighted by Crippen LogP contribution is 2.32. The third-order valence-electron chi connectivity index (χ3n) is 3.17. The smallest absolute Gasteiger partial charge is 0.303 e. The van der Waals surface area contributed by atoms with Crippen LogP contribution in [0.3, 0.4) is 0 Å². The van der Waals surface area contributed by atoms with Crippen molar-refractivity contribution in [2.24, 2.45) is 0 Å². The highest BCUT2D eigenvalue weighted by atomic mass is 16.5. The van der Waals surface area contributed by atoms with Crippen LogP contribution in [0.15, 0.2) is 17.7 Å². The number of amides is 1. The molecule has 0 aromatic heterocycles. The second kappa shape index (κ2) is 8.67. The molecule has 0 aliphatic rings. The largest absolute Gasteiger partial charge is 0.493 e. The zero-order chi connectivity index (χ0) is 17.4. The molecule has 0 heterocycles. The summed E-state index contributed by atoms with van der Waals surface area (Å²) in [6, 6.07) is 3.32. The molecule has 7 heteroatoms. The number of hydrogen-bond donors (Lipinski definition) is 3. The molecule has 0 saturated carbocycles. The molecule has 4 N–H and O–H groups in total. The summed E-state index contributed by atoms with van der Waals surface area (Å²) < 4.78 is 10.4. The molecule has 0 spiro atoms. The summed E-state index contributed by atoms with van der Waals surface area (Å²) in [5.41, 5.74) is 7.50. The fourth-order valence-electron chi connectivity index (χ4n) is 1.92. The molecule has 0 aliphatic heterocycles. The van der Waals surface area contributed by atoms with Crippen LogP contribution >= 0.6 is 0 Å². The van der Waals surface area contributed by atoms with E-state index in [0.717, 1.165) is 0 Å². The topological polar surface area (TPSA) is 111 Å². The lowest BCUT2D eigenvalue weighted by Gasteiger charge is -2.11. The van der Waals surface area contributed by atoms with Crippen LogP contribution in [-0.2, 0) is 9.59 Å². The lowest BCUT2D eigenvalue weighted by Crippen LogP contribution is -2.25. The molecular formula is C16H22N2O5. The molecule has 0 atom stereocenters. The highest BCUT2D eigenvalue weighted by molar-refractivity contribution is 5.98. The summed E-state index contributed by atoms with van der Waals surface area (Å²) in [6.45, 7) is 1.96. The summed E-state index contributed by atoms with van der Waals surface area (Å²) >= 11 is 0. The van der Waals surface area contributed by atoms with Crippen LogP contribution in [0.4, 0.5) is 5.69 Å². The average Bonchev–Trinajstić information content (AvgIpc) is 2.52. The number of carbonyl (C=O) groups excluding carboxylic acids is 1. The van der Waals surface area contributed by atoms with E-state index in [1.165, 1.54) is 14.2 Å². The highest BCUT2D eigenvalue weighted by Gasteiger charge is 2.10. The van der Waals surface area contributed by atoms with Crippen molar-refractivity contribution >= 4 is 23.6 Å². The fraction of sp³-hybridized carbons (Fsp3) is 0.375. The monoisotopic (exact) mass is 322 g/mol. The van der Waals surface area contributed by atoms with Crippen molar-refractivity contribution in [3.8, 4) is 11.5 Å². The molecule has 0 bridgehead atoms. The number of nitrogen functional groups attached to an aromatic ring is 1. The van der Waals surface area contributed by atoms with Crippen molar-refractivity contribution in [3.63, 3.8) is 0 Å². The van der Waals surface area contributed by atoms with Gasteiger partial charge in [-0.3, -0.25) is 9.59 Å². The molecule has 0 fully saturated rings. The van der Waals surface area contributed by atoms with Gasteiger partial charge in [-0.2, -0.15) is 0 Å². The van der Waals surface area contributed by atoms with Crippen LogP contribution < -0.4 is 20.5 Å². The second-order valence-corrected chi connectivity index (χ2v) is 4.92. The number of methoxy groups -OCH3 is 2. The van der Waals surface area contributed by atoms with E-state index in [-0.39, 0.29) is 12.3 Å². The number of ether oxygens (including phenoxy) is 2. The van der Waals surface area contributed by atoms with E-state index in [9.17, 15) is 9.59 Å². The summed E-state index contributed by atoms with van der Waals surface area (Å²) in [6.07, 6.45) is 2.04. The van der Waals surface area contributed by atoms with Crippen molar-refractivity contribution in [2.45, 2.75) is 19.8 Å². The van der Waals surface area contributed by atoms with E-state index in [2.05, 4.69) is 5.32 Å². The fourth-order valence-corrected chi connectivity index (χ4v) is 1.92. The Hall–Kier alpha value is -2.70. The molecule has 0 radical (unpaired) electrons. The van der Waals surface area contributed by atoms with Gasteiger partial charge in [-0.15, -0.1) is 0 Å². The number of benzene rings is 1. The molecule has 23 heavy (non-hydrogen) atoms. The van der Waals surface area contributed by atoms with Crippen molar-refractivity contribution < 1.29 is 24.2 Å². The SMILES string of the molecule is COc1cc(N)c(C=C(C)C(=O)NCCCC(=O)O)cc1OC. The molecule has 7 nitrogen and oxygen atoms in total. The summed E-state index contributed by atoms with van der Waals surface area (Å²) in [5.74, 6) is -0.130. The van der Waals surface area contributed by atoms with E-state index in [1.807, 2.05) is 0 Å². The third-order valence-corrected chi connectivity index (χ3v) is 3.17. The molecule has 1 aromatic carbocycles. The van der Waals surface area contributed by atoms with Crippen LogP contribution in [0.1, 0.15) is 25.3 Å². The van der Waals surface area contributed by atoms with Crippen molar-refractivity contribution in [2.75, 3.05) is 26.5 Å². The van der Waals surface area contributed by atoms with Gasteiger partial charge in [-0.1, -0.05) is 0 Å². The first-order valence-electron chi connectivity index (χ1n) is 7.08. The maximum atomic E-state index is 12.0. The minimum absolute atomic E-state index is 0.0195. The second-order valence-electron chi connectivity index (χ2n) is 4.92. The van der Waals surface area contributed by atoms with Crippen LogP contribution in [-0.4, -0.2) is 37.7 Å². The average molecular weight is 322 g/mol. The number of hydrogen-bond acceptors (Lipinski definition) is 5. The Labute approximate surface area is 135 Å². The van der Waals surface area contributed by atoms with Crippen molar-refractivity contribution in [1.29, 1.82) is 0 Å². The van der Waals surface area contributed by atoms with Gasteiger partial charge in [-0.05, 0) is 25.5 Å². The Morgan fingerprint density at radius 3 is 2.43 bits per heavy atom. The van der Waals surface area contributed by atoms with Crippen LogP contribution in [0.2, 0.25) is 0 Å². The normalized spacial score (nSPS) is 11.0. The molecule has 1 rings (SSSR count). The first kappa shape index (κ1) is 18.3. The van der Waals surface area contributed by atoms with Gasteiger partial charge in [0.05, 0.1) is 14.2 Å². The number of anilines is 1. The van der Waals surface area contributed by atoms with Gasteiger partial charge in [0, 0.05) is 35.9 Å². The zero-order valence-electron chi connectivity index (χ0n) is 13.5. The Morgan fingerprint density at radius 1 is 1.26 bits per heavy atom. The van der Waals surface area contributed by atoms with Gasteiger partial charge < -0.3 is 25.6 Å². The predicted octanol–water partition coefficient (Wildman–Crippen LogP) is 1.67. The van der Waals surface area contributed by atoms with Gasteiger partial charge in [0.1, 0.15) is 0 Å². The van der Waals surface area contributed by atoms with Gasteiger partial charge in [0.25, 0.3) is 0 Å². The first-order valence-corrected chi connectivity index (χ1v) is 7.08. The van der Waals surface area contributed by atoms with Crippen molar-refractivity contribution in [1.82, 2.24) is 5.32 Å². The first-order chi connectivity index (χ1) is 10.9. The standard InChI is InChI=1S/C16H22N2O5/c1-10(16(21)18-6-4-5-15(19)20)7-11-8-13(22-2)14(23-3)9-12(11)17/h7-9H,4-6,17H2,1-3H3,(H,18,21)(H,19,20). The number of carboxylic acid groups (broad SMARTS) is 1. The maximum Gasteiger partial charge on any atom is 0.303 e. The zero-order valence-corrected chi connectivity index (χ0v) is 13.5. The lowest BCUT2D eigenvalue weighted by atomic mass is 10.1. The molecule has 126 valence electrons. The Morgan fingerprint density at radius 2 is 1.87 bits per heavy atom. The summed E-state index contributed by atoms with van der Waals surface area (Å²) in [4.78, 5) is 22.4. The third kappa shape index (κ3) is 5.54. The summed E-state index contributed by atoms with van der Waals surface area (Å²) in [5, 5.41) is 11.2. The number of nitrogens with one attached hydrogen (secondary N) is 1. The van der Waals surface area contributed by atoms with Gasteiger partial charge >= 0.3 is 5.97 Å². The van der Waals surface area contributed by atoms with E-state index in [1.54, 1.807) is 25.1 Å². The van der Waals surface area contributed by atoms with Crippen LogP contribution in [0.25, 0.3) is 6.08 Å². The summed E-state index contributed by atoms with van der Waals surface area (Å²) in [7, 11) is 3.03. The molecule has 0 aliphatic carbocycles. The molecule has 0 saturated heterocycles. The number of rotatable bonds is 8.